The van der Waals surface area contributed by atoms with E-state index in [2.05, 4.69) is 6.58 Å². The fourth-order valence-corrected chi connectivity index (χ4v) is 0.762. The summed E-state index contributed by atoms with van der Waals surface area (Å²) in [5, 5.41) is 0. The zero-order valence-electron chi connectivity index (χ0n) is 6.50. The Hall–Kier alpha value is -0.830. The maximum absolute atomic E-state index is 10.9. The van der Waals surface area contributed by atoms with E-state index in [0.29, 0.717) is 6.54 Å². The SMILES string of the molecule is C=CC(=O)N(CC)C(C)N. The van der Waals surface area contributed by atoms with Gasteiger partial charge in [-0.1, -0.05) is 6.58 Å². The van der Waals surface area contributed by atoms with Crippen LogP contribution in [0.25, 0.3) is 0 Å². The molecule has 0 fully saturated rings. The normalized spacial score (nSPS) is 12.3. The first-order valence-corrected chi connectivity index (χ1v) is 3.32. The summed E-state index contributed by atoms with van der Waals surface area (Å²) in [6.45, 7) is 7.64. The molecule has 0 saturated heterocycles. The predicted molar refractivity (Wildman–Crippen MR) is 41.2 cm³/mol. The number of likely N-dealkylation sites (N-methyl/N-ethyl adjacent to an activating group) is 1. The minimum atomic E-state index is -0.226. The van der Waals surface area contributed by atoms with Crippen molar-refractivity contribution in [2.75, 3.05) is 6.54 Å². The van der Waals surface area contributed by atoms with Gasteiger partial charge >= 0.3 is 0 Å². The lowest BCUT2D eigenvalue weighted by molar-refractivity contribution is -0.127. The van der Waals surface area contributed by atoms with Crippen LogP contribution in [0.4, 0.5) is 0 Å². The molecule has 3 heteroatoms. The van der Waals surface area contributed by atoms with Crippen LogP contribution in [-0.2, 0) is 4.79 Å². The van der Waals surface area contributed by atoms with Crippen LogP contribution < -0.4 is 5.73 Å². The fourth-order valence-electron chi connectivity index (χ4n) is 0.762. The summed E-state index contributed by atoms with van der Waals surface area (Å²) in [7, 11) is 0. The van der Waals surface area contributed by atoms with E-state index in [9.17, 15) is 4.79 Å². The van der Waals surface area contributed by atoms with E-state index in [0.717, 1.165) is 0 Å². The lowest BCUT2D eigenvalue weighted by atomic mass is 10.4. The first kappa shape index (κ1) is 9.17. The van der Waals surface area contributed by atoms with Crippen LogP contribution in [0.3, 0.4) is 0 Å². The molecule has 1 unspecified atom stereocenters. The van der Waals surface area contributed by atoms with Crippen LogP contribution in [0.1, 0.15) is 13.8 Å². The van der Waals surface area contributed by atoms with Crippen molar-refractivity contribution < 1.29 is 4.79 Å². The molecule has 0 heterocycles. The molecule has 0 aliphatic carbocycles. The highest BCUT2D eigenvalue weighted by molar-refractivity contribution is 5.87. The highest BCUT2D eigenvalue weighted by Gasteiger charge is 2.10. The van der Waals surface area contributed by atoms with Crippen LogP contribution in [-0.4, -0.2) is 23.5 Å². The predicted octanol–water partition coefficient (Wildman–Crippen LogP) is 0.326. The molecule has 3 nitrogen and oxygen atoms in total. The van der Waals surface area contributed by atoms with Crippen LogP contribution in [0.2, 0.25) is 0 Å². The number of carbonyl (C=O) groups is 1. The summed E-state index contributed by atoms with van der Waals surface area (Å²) in [6.07, 6.45) is 1.04. The van der Waals surface area contributed by atoms with Gasteiger partial charge in [-0.15, -0.1) is 0 Å². The number of carbonyl (C=O) groups excluding carboxylic acids is 1. The maximum atomic E-state index is 10.9. The molecule has 2 N–H and O–H groups in total. The van der Waals surface area contributed by atoms with Gasteiger partial charge < -0.3 is 10.6 Å². The van der Waals surface area contributed by atoms with Gasteiger partial charge in [0, 0.05) is 6.54 Å². The highest BCUT2D eigenvalue weighted by Crippen LogP contribution is 1.93. The molecule has 0 rings (SSSR count). The molecule has 0 aromatic heterocycles. The van der Waals surface area contributed by atoms with E-state index >= 15 is 0 Å². The number of hydrogen-bond acceptors (Lipinski definition) is 2. The van der Waals surface area contributed by atoms with Gasteiger partial charge in [-0.2, -0.15) is 0 Å². The summed E-state index contributed by atoms with van der Waals surface area (Å²) < 4.78 is 0. The van der Waals surface area contributed by atoms with Gasteiger partial charge in [-0.05, 0) is 19.9 Å². The molecule has 0 radical (unpaired) electrons. The largest absolute Gasteiger partial charge is 0.324 e. The van der Waals surface area contributed by atoms with Crippen LogP contribution in [0, 0.1) is 0 Å². The summed E-state index contributed by atoms with van der Waals surface area (Å²) in [5.41, 5.74) is 5.48. The van der Waals surface area contributed by atoms with Gasteiger partial charge in [0.25, 0.3) is 0 Å². The first-order valence-electron chi connectivity index (χ1n) is 3.32. The average Bonchev–Trinajstić information content (AvgIpc) is 1.88. The van der Waals surface area contributed by atoms with Crippen LogP contribution in [0.5, 0.6) is 0 Å². The Kier molecular flexibility index (Phi) is 3.72. The Morgan fingerprint density at radius 1 is 1.90 bits per heavy atom. The molecule has 0 aliphatic rings. The number of nitrogens with zero attached hydrogens (tertiary/aromatic N) is 1. The zero-order chi connectivity index (χ0) is 8.15. The fraction of sp³-hybridized carbons (Fsp3) is 0.571. The summed E-state index contributed by atoms with van der Waals surface area (Å²) in [6, 6.07) is 0. The molecule has 0 aromatic rings. The lowest BCUT2D eigenvalue weighted by Gasteiger charge is -2.22. The van der Waals surface area contributed by atoms with Crippen LogP contribution >= 0.6 is 0 Å². The number of rotatable bonds is 3. The smallest absolute Gasteiger partial charge is 0.247 e. The second kappa shape index (κ2) is 4.06. The Bertz CT molecular complexity index is 132. The van der Waals surface area contributed by atoms with Crippen molar-refractivity contribution in [1.29, 1.82) is 0 Å². The molecule has 0 spiro atoms. The molecular weight excluding hydrogens is 128 g/mol. The van der Waals surface area contributed by atoms with E-state index in [4.69, 9.17) is 5.73 Å². The molecule has 0 aliphatic heterocycles. The highest BCUT2D eigenvalue weighted by atomic mass is 16.2. The first-order chi connectivity index (χ1) is 4.63. The van der Waals surface area contributed by atoms with Crippen molar-refractivity contribution in [3.63, 3.8) is 0 Å². The Balaban J connectivity index is 4.06. The van der Waals surface area contributed by atoms with Crippen molar-refractivity contribution >= 4 is 5.91 Å². The Morgan fingerprint density at radius 2 is 2.40 bits per heavy atom. The minimum Gasteiger partial charge on any atom is -0.324 e. The summed E-state index contributed by atoms with van der Waals surface area (Å²) in [4.78, 5) is 12.4. The number of nitrogens with two attached hydrogens (primary N) is 1. The number of amides is 1. The quantitative estimate of drug-likeness (QED) is 0.456. The van der Waals surface area contributed by atoms with E-state index < -0.39 is 0 Å². The molecule has 1 amide bonds. The van der Waals surface area contributed by atoms with Gasteiger partial charge in [0.15, 0.2) is 0 Å². The van der Waals surface area contributed by atoms with Crippen molar-refractivity contribution in [3.05, 3.63) is 12.7 Å². The van der Waals surface area contributed by atoms with Crippen molar-refractivity contribution in [2.24, 2.45) is 5.73 Å². The second-order valence-electron chi connectivity index (χ2n) is 2.07. The summed E-state index contributed by atoms with van der Waals surface area (Å²) in [5.74, 6) is -0.113. The van der Waals surface area contributed by atoms with E-state index in [1.54, 1.807) is 6.92 Å². The van der Waals surface area contributed by atoms with Gasteiger partial charge in [0.05, 0.1) is 6.17 Å². The molecular formula is C7H14N2O. The molecule has 10 heavy (non-hydrogen) atoms. The van der Waals surface area contributed by atoms with Crippen molar-refractivity contribution in [2.45, 2.75) is 20.0 Å². The van der Waals surface area contributed by atoms with E-state index in [1.165, 1.54) is 11.0 Å². The van der Waals surface area contributed by atoms with E-state index in [1.807, 2.05) is 6.92 Å². The average molecular weight is 142 g/mol. The summed E-state index contributed by atoms with van der Waals surface area (Å²) >= 11 is 0. The van der Waals surface area contributed by atoms with Gasteiger partial charge in [0.2, 0.25) is 5.91 Å². The van der Waals surface area contributed by atoms with E-state index in [-0.39, 0.29) is 12.1 Å². The third-order valence-corrected chi connectivity index (χ3v) is 1.29. The maximum Gasteiger partial charge on any atom is 0.247 e. The van der Waals surface area contributed by atoms with Gasteiger partial charge in [-0.25, -0.2) is 0 Å². The lowest BCUT2D eigenvalue weighted by Crippen LogP contribution is -2.42. The molecule has 1 atom stereocenters. The van der Waals surface area contributed by atoms with Gasteiger partial charge in [-0.3, -0.25) is 4.79 Å². The van der Waals surface area contributed by atoms with Gasteiger partial charge in [0.1, 0.15) is 0 Å². The monoisotopic (exact) mass is 142 g/mol. The zero-order valence-corrected chi connectivity index (χ0v) is 6.50. The number of hydrogen-bond donors (Lipinski definition) is 1. The van der Waals surface area contributed by atoms with Crippen molar-refractivity contribution in [1.82, 2.24) is 4.90 Å². The minimum absolute atomic E-state index is 0.113. The topological polar surface area (TPSA) is 46.3 Å². The Morgan fingerprint density at radius 3 is 2.50 bits per heavy atom. The molecule has 58 valence electrons. The molecule has 0 saturated carbocycles. The molecule has 0 bridgehead atoms. The molecule has 0 aromatic carbocycles. The standard InChI is InChI=1S/C7H14N2O/c1-4-7(10)9(5-2)6(3)8/h4,6H,1,5,8H2,2-3H3. The van der Waals surface area contributed by atoms with Crippen molar-refractivity contribution in [3.8, 4) is 0 Å². The third kappa shape index (κ3) is 2.19. The van der Waals surface area contributed by atoms with Crippen LogP contribution in [0.15, 0.2) is 12.7 Å². The second-order valence-corrected chi connectivity index (χ2v) is 2.07. The Labute approximate surface area is 61.5 Å². The third-order valence-electron chi connectivity index (χ3n) is 1.29.